The molecule has 0 aromatic heterocycles. The highest BCUT2D eigenvalue weighted by atomic mass is 32.2. The molecule has 0 spiro atoms. The van der Waals surface area contributed by atoms with Gasteiger partial charge in [-0.3, -0.25) is 0 Å². The maximum atomic E-state index is 12.8. The van der Waals surface area contributed by atoms with Crippen LogP contribution in [-0.2, 0) is 10.0 Å². The van der Waals surface area contributed by atoms with Crippen molar-refractivity contribution in [2.24, 2.45) is 0 Å². The van der Waals surface area contributed by atoms with Crippen LogP contribution in [0.4, 0.5) is 0 Å². The van der Waals surface area contributed by atoms with Gasteiger partial charge in [-0.05, 0) is 44.0 Å². The van der Waals surface area contributed by atoms with Crippen LogP contribution in [0.15, 0.2) is 29.2 Å². The highest BCUT2D eigenvalue weighted by molar-refractivity contribution is 7.89. The molecule has 1 heterocycles. The van der Waals surface area contributed by atoms with Gasteiger partial charge in [0.2, 0.25) is 10.0 Å². The van der Waals surface area contributed by atoms with Gasteiger partial charge < -0.3 is 5.32 Å². The lowest BCUT2D eigenvalue weighted by atomic mass is 10.1. The SMILES string of the molecule is CCNC(C)c1cccc(S(=O)(=O)N2CCCCCC2)c1. The van der Waals surface area contributed by atoms with Gasteiger partial charge in [0.1, 0.15) is 0 Å². The Balaban J connectivity index is 2.25. The Labute approximate surface area is 128 Å². The second-order valence-corrected chi connectivity index (χ2v) is 7.61. The topological polar surface area (TPSA) is 49.4 Å². The fraction of sp³-hybridized carbons (Fsp3) is 0.625. The van der Waals surface area contributed by atoms with Gasteiger partial charge in [0.05, 0.1) is 4.90 Å². The number of benzene rings is 1. The monoisotopic (exact) mass is 310 g/mol. The Morgan fingerprint density at radius 1 is 1.19 bits per heavy atom. The average molecular weight is 310 g/mol. The molecule has 0 bridgehead atoms. The summed E-state index contributed by atoms with van der Waals surface area (Å²) in [6.45, 7) is 6.27. The van der Waals surface area contributed by atoms with Crippen LogP contribution in [0.5, 0.6) is 0 Å². The molecule has 5 heteroatoms. The molecule has 1 atom stereocenters. The molecule has 1 aliphatic rings. The van der Waals surface area contributed by atoms with Crippen molar-refractivity contribution in [3.63, 3.8) is 0 Å². The summed E-state index contributed by atoms with van der Waals surface area (Å²) < 4.78 is 27.2. The minimum atomic E-state index is -3.35. The Bertz CT molecular complexity index is 549. The zero-order valence-corrected chi connectivity index (χ0v) is 13.8. The minimum Gasteiger partial charge on any atom is -0.310 e. The van der Waals surface area contributed by atoms with Crippen LogP contribution < -0.4 is 5.32 Å². The Morgan fingerprint density at radius 3 is 2.48 bits per heavy atom. The van der Waals surface area contributed by atoms with Crippen molar-refractivity contribution >= 4 is 10.0 Å². The fourth-order valence-electron chi connectivity index (χ4n) is 2.80. The number of rotatable bonds is 5. The van der Waals surface area contributed by atoms with Crippen LogP contribution in [-0.4, -0.2) is 32.4 Å². The first-order valence-corrected chi connectivity index (χ1v) is 9.33. The smallest absolute Gasteiger partial charge is 0.243 e. The molecule has 1 aliphatic heterocycles. The lowest BCUT2D eigenvalue weighted by Crippen LogP contribution is -2.32. The van der Waals surface area contributed by atoms with E-state index in [-0.39, 0.29) is 6.04 Å². The second kappa shape index (κ2) is 7.38. The van der Waals surface area contributed by atoms with Crippen molar-refractivity contribution in [3.8, 4) is 0 Å². The van der Waals surface area contributed by atoms with E-state index >= 15 is 0 Å². The molecule has 2 rings (SSSR count). The van der Waals surface area contributed by atoms with Gasteiger partial charge in [-0.2, -0.15) is 4.31 Å². The van der Waals surface area contributed by atoms with Gasteiger partial charge in [0.25, 0.3) is 0 Å². The van der Waals surface area contributed by atoms with E-state index in [0.29, 0.717) is 18.0 Å². The average Bonchev–Trinajstić information content (AvgIpc) is 2.77. The molecule has 1 saturated heterocycles. The van der Waals surface area contributed by atoms with Crippen LogP contribution in [0, 0.1) is 0 Å². The zero-order chi connectivity index (χ0) is 15.3. The number of hydrogen-bond donors (Lipinski definition) is 1. The van der Waals surface area contributed by atoms with E-state index in [9.17, 15) is 8.42 Å². The third-order valence-corrected chi connectivity index (χ3v) is 5.97. The molecule has 0 saturated carbocycles. The zero-order valence-electron chi connectivity index (χ0n) is 13.0. The van der Waals surface area contributed by atoms with E-state index in [2.05, 4.69) is 12.2 Å². The standard InChI is InChI=1S/C16H26N2O2S/c1-3-17-14(2)15-9-8-10-16(13-15)21(19,20)18-11-6-4-5-7-12-18/h8-10,13-14,17H,3-7,11-12H2,1-2H3. The van der Waals surface area contributed by atoms with Crippen LogP contribution in [0.1, 0.15) is 51.1 Å². The number of nitrogens with zero attached hydrogens (tertiary/aromatic N) is 1. The van der Waals surface area contributed by atoms with E-state index in [1.165, 1.54) is 0 Å². The maximum Gasteiger partial charge on any atom is 0.243 e. The molecule has 1 fully saturated rings. The van der Waals surface area contributed by atoms with Gasteiger partial charge >= 0.3 is 0 Å². The first-order chi connectivity index (χ1) is 10.1. The summed E-state index contributed by atoms with van der Waals surface area (Å²) in [5, 5.41) is 3.32. The van der Waals surface area contributed by atoms with Crippen molar-refractivity contribution < 1.29 is 8.42 Å². The highest BCUT2D eigenvalue weighted by Gasteiger charge is 2.25. The Hall–Kier alpha value is -0.910. The predicted octanol–water partition coefficient (Wildman–Crippen LogP) is 2.92. The molecule has 1 aromatic rings. The summed E-state index contributed by atoms with van der Waals surface area (Å²) in [6, 6.07) is 7.51. The van der Waals surface area contributed by atoms with Crippen molar-refractivity contribution in [2.45, 2.75) is 50.5 Å². The van der Waals surface area contributed by atoms with E-state index in [4.69, 9.17) is 0 Å². The summed E-state index contributed by atoms with van der Waals surface area (Å²) in [7, 11) is -3.35. The first-order valence-electron chi connectivity index (χ1n) is 7.89. The fourth-order valence-corrected chi connectivity index (χ4v) is 4.37. The van der Waals surface area contributed by atoms with Crippen LogP contribution in [0.3, 0.4) is 0 Å². The number of hydrogen-bond acceptors (Lipinski definition) is 3. The second-order valence-electron chi connectivity index (χ2n) is 5.67. The van der Waals surface area contributed by atoms with Crippen molar-refractivity contribution in [2.75, 3.05) is 19.6 Å². The molecule has 118 valence electrons. The largest absolute Gasteiger partial charge is 0.310 e. The summed E-state index contributed by atoms with van der Waals surface area (Å²) in [5.41, 5.74) is 1.02. The third kappa shape index (κ3) is 4.05. The van der Waals surface area contributed by atoms with E-state index in [1.807, 2.05) is 25.1 Å². The quantitative estimate of drug-likeness (QED) is 0.909. The van der Waals surface area contributed by atoms with Crippen molar-refractivity contribution in [3.05, 3.63) is 29.8 Å². The van der Waals surface area contributed by atoms with Crippen LogP contribution in [0.25, 0.3) is 0 Å². The van der Waals surface area contributed by atoms with Gasteiger partial charge in [0, 0.05) is 19.1 Å². The minimum absolute atomic E-state index is 0.161. The van der Waals surface area contributed by atoms with Crippen LogP contribution >= 0.6 is 0 Å². The van der Waals surface area contributed by atoms with Gasteiger partial charge in [-0.25, -0.2) is 8.42 Å². The maximum absolute atomic E-state index is 12.8. The van der Waals surface area contributed by atoms with E-state index in [1.54, 1.807) is 10.4 Å². The van der Waals surface area contributed by atoms with Gasteiger partial charge in [0.15, 0.2) is 0 Å². The third-order valence-electron chi connectivity index (χ3n) is 4.07. The van der Waals surface area contributed by atoms with Gasteiger partial charge in [-0.15, -0.1) is 0 Å². The summed E-state index contributed by atoms with van der Waals surface area (Å²) >= 11 is 0. The van der Waals surface area contributed by atoms with Crippen LogP contribution in [0.2, 0.25) is 0 Å². The molecular formula is C16H26N2O2S. The molecule has 0 radical (unpaired) electrons. The number of sulfonamides is 1. The highest BCUT2D eigenvalue weighted by Crippen LogP contribution is 2.23. The molecule has 4 nitrogen and oxygen atoms in total. The van der Waals surface area contributed by atoms with Crippen molar-refractivity contribution in [1.29, 1.82) is 0 Å². The molecular weight excluding hydrogens is 284 g/mol. The number of nitrogens with one attached hydrogen (secondary N) is 1. The van der Waals surface area contributed by atoms with Gasteiger partial charge in [-0.1, -0.05) is 31.9 Å². The summed E-state index contributed by atoms with van der Waals surface area (Å²) in [5.74, 6) is 0. The summed E-state index contributed by atoms with van der Waals surface area (Å²) in [6.07, 6.45) is 4.19. The molecule has 1 aromatic carbocycles. The van der Waals surface area contributed by atoms with Crippen molar-refractivity contribution in [1.82, 2.24) is 9.62 Å². The first kappa shape index (κ1) is 16.5. The normalized spacial score (nSPS) is 19.1. The molecule has 0 amide bonds. The lowest BCUT2D eigenvalue weighted by Gasteiger charge is -2.21. The Morgan fingerprint density at radius 2 is 1.86 bits per heavy atom. The molecule has 1 unspecified atom stereocenters. The molecule has 21 heavy (non-hydrogen) atoms. The predicted molar refractivity (Wildman–Crippen MR) is 85.8 cm³/mol. The molecule has 0 aliphatic carbocycles. The summed E-state index contributed by atoms with van der Waals surface area (Å²) in [4.78, 5) is 0.423. The molecule has 1 N–H and O–H groups in total. The lowest BCUT2D eigenvalue weighted by molar-refractivity contribution is 0.423. The van der Waals surface area contributed by atoms with E-state index < -0.39 is 10.0 Å². The van der Waals surface area contributed by atoms with E-state index in [0.717, 1.165) is 37.8 Å². The Kier molecular flexibility index (Phi) is 5.79.